The molecule has 2 aromatic carbocycles. The van der Waals surface area contributed by atoms with Crippen LogP contribution in [0.25, 0.3) is 0 Å². The molecule has 0 saturated heterocycles. The summed E-state index contributed by atoms with van der Waals surface area (Å²) in [5, 5.41) is 35.3. The molecule has 0 radical (unpaired) electrons. The number of hydrogen-bond acceptors (Lipinski definition) is 10. The minimum absolute atomic E-state index is 0. The maximum atomic E-state index is 10.6. The van der Waals surface area contributed by atoms with Gasteiger partial charge in [-0.05, 0) is 18.2 Å². The van der Waals surface area contributed by atoms with Crippen LogP contribution in [0.15, 0.2) is 46.2 Å². The number of hydrogen-bond donors (Lipinski definition) is 4. The van der Waals surface area contributed by atoms with Crippen molar-refractivity contribution in [1.82, 2.24) is 0 Å². The number of aromatic hydroxyl groups is 4. The van der Waals surface area contributed by atoms with Gasteiger partial charge in [0.2, 0.25) is 0 Å². The van der Waals surface area contributed by atoms with Gasteiger partial charge < -0.3 is 29.5 Å². The Bertz CT molecular complexity index is 937. The Morgan fingerprint density at radius 1 is 0.692 bits per heavy atom. The first-order valence-electron chi connectivity index (χ1n) is 5.78. The van der Waals surface area contributed by atoms with Gasteiger partial charge in [-0.2, -0.15) is 0 Å². The SMILES string of the molecule is O=S(=O)([O-])c1cc(O)c(O)c(S(=O)(=O)[O-])c1.Oc1ccccc1O.[Na+].[Na+]. The maximum Gasteiger partial charge on any atom is 1.00 e. The van der Waals surface area contributed by atoms with Crippen LogP contribution in [0.5, 0.6) is 23.0 Å². The first-order chi connectivity index (χ1) is 10.8. The summed E-state index contributed by atoms with van der Waals surface area (Å²) in [7, 11) is -10.3. The molecule has 0 atom stereocenters. The third kappa shape index (κ3) is 8.00. The number of benzene rings is 2. The van der Waals surface area contributed by atoms with Crippen molar-refractivity contribution < 1.29 is 105 Å². The molecule has 0 bridgehead atoms. The van der Waals surface area contributed by atoms with E-state index in [4.69, 9.17) is 20.4 Å². The molecule has 0 spiro atoms. The summed E-state index contributed by atoms with van der Waals surface area (Å²) in [6.07, 6.45) is 0. The third-order valence-corrected chi connectivity index (χ3v) is 4.13. The zero-order chi connectivity index (χ0) is 18.7. The van der Waals surface area contributed by atoms with E-state index in [1.807, 2.05) is 0 Å². The first-order valence-corrected chi connectivity index (χ1v) is 8.60. The summed E-state index contributed by atoms with van der Waals surface area (Å²) in [6, 6.07) is 6.67. The van der Waals surface area contributed by atoms with Crippen LogP contribution in [0.4, 0.5) is 0 Å². The monoisotopic (exact) mass is 424 g/mol. The van der Waals surface area contributed by atoms with Gasteiger partial charge in [0.15, 0.2) is 23.0 Å². The fraction of sp³-hybridized carbons (Fsp3) is 0. The van der Waals surface area contributed by atoms with Crippen molar-refractivity contribution in [2.45, 2.75) is 9.79 Å². The summed E-state index contributed by atoms with van der Waals surface area (Å²) >= 11 is 0. The van der Waals surface area contributed by atoms with Gasteiger partial charge in [-0.1, -0.05) is 12.1 Å². The van der Waals surface area contributed by atoms with E-state index in [-0.39, 0.29) is 76.7 Å². The molecule has 0 aromatic heterocycles. The molecule has 10 nitrogen and oxygen atoms in total. The smallest absolute Gasteiger partial charge is 0.744 e. The van der Waals surface area contributed by atoms with E-state index in [0.29, 0.717) is 6.07 Å². The molecule has 14 heteroatoms. The summed E-state index contributed by atoms with van der Waals surface area (Å²) in [5.74, 6) is -2.64. The van der Waals surface area contributed by atoms with Crippen LogP contribution in [0.3, 0.4) is 0 Å². The van der Waals surface area contributed by atoms with Crippen molar-refractivity contribution in [2.75, 3.05) is 0 Å². The summed E-state index contributed by atoms with van der Waals surface area (Å²) in [5.41, 5.74) is 0. The summed E-state index contributed by atoms with van der Waals surface area (Å²) < 4.78 is 63.3. The normalized spacial score (nSPS) is 10.5. The van der Waals surface area contributed by atoms with Gasteiger partial charge in [0.05, 0.1) is 4.90 Å². The predicted molar refractivity (Wildman–Crippen MR) is 75.5 cm³/mol. The van der Waals surface area contributed by atoms with E-state index in [0.717, 1.165) is 0 Å². The van der Waals surface area contributed by atoms with Gasteiger partial charge in [-0.3, -0.25) is 0 Å². The van der Waals surface area contributed by atoms with Crippen LogP contribution in [0.2, 0.25) is 0 Å². The number of para-hydroxylation sites is 2. The second-order valence-electron chi connectivity index (χ2n) is 4.19. The van der Waals surface area contributed by atoms with Gasteiger partial charge >= 0.3 is 59.1 Å². The molecule has 0 aliphatic carbocycles. The van der Waals surface area contributed by atoms with Crippen LogP contribution in [0.1, 0.15) is 0 Å². The fourth-order valence-corrected chi connectivity index (χ4v) is 2.57. The van der Waals surface area contributed by atoms with Gasteiger partial charge in [0.1, 0.15) is 25.1 Å². The van der Waals surface area contributed by atoms with Crippen LogP contribution in [0, 0.1) is 0 Å². The van der Waals surface area contributed by atoms with E-state index < -0.39 is 41.5 Å². The number of phenolic OH excluding ortho intramolecular Hbond substituents is 4. The van der Waals surface area contributed by atoms with Crippen molar-refractivity contribution in [1.29, 1.82) is 0 Å². The van der Waals surface area contributed by atoms with Crippen molar-refractivity contribution in [3.8, 4) is 23.0 Å². The molecule has 2 aromatic rings. The topological polar surface area (TPSA) is 195 Å². The zero-order valence-electron chi connectivity index (χ0n) is 13.5. The molecule has 0 fully saturated rings. The van der Waals surface area contributed by atoms with Gasteiger partial charge in [-0.15, -0.1) is 0 Å². The Morgan fingerprint density at radius 3 is 1.42 bits per heavy atom. The van der Waals surface area contributed by atoms with Crippen molar-refractivity contribution >= 4 is 20.2 Å². The van der Waals surface area contributed by atoms with E-state index in [9.17, 15) is 25.9 Å². The molecular formula is C12H10Na2O10S2. The first kappa shape index (κ1) is 27.7. The minimum Gasteiger partial charge on any atom is -0.744 e. The molecule has 0 saturated carbocycles. The zero-order valence-corrected chi connectivity index (χ0v) is 19.2. The molecule has 0 aliphatic rings. The largest absolute Gasteiger partial charge is 1.00 e. The Labute approximate surface area is 193 Å². The second-order valence-corrected chi connectivity index (χ2v) is 6.91. The average molecular weight is 424 g/mol. The molecule has 0 amide bonds. The quantitative estimate of drug-likeness (QED) is 0.205. The van der Waals surface area contributed by atoms with Gasteiger partial charge in [0, 0.05) is 6.07 Å². The van der Waals surface area contributed by atoms with Crippen LogP contribution in [-0.2, 0) is 20.2 Å². The van der Waals surface area contributed by atoms with Crippen LogP contribution >= 0.6 is 0 Å². The molecule has 132 valence electrons. The maximum absolute atomic E-state index is 10.6. The molecule has 2 rings (SSSR count). The average Bonchev–Trinajstić information content (AvgIpc) is 2.43. The standard InChI is InChI=1S/C6H6O8S2.C6H6O2.2Na/c7-4-1-3(15(9,10)11)2-5(6(4)8)16(12,13)14;7-5-3-1-2-4-6(5)8;;/h1-2,7-8H,(H,9,10,11)(H,12,13,14);1-4,7-8H;;/q;;2*+1/p-2. The van der Waals surface area contributed by atoms with Crippen molar-refractivity contribution in [2.24, 2.45) is 0 Å². The van der Waals surface area contributed by atoms with E-state index >= 15 is 0 Å². The molecular weight excluding hydrogens is 414 g/mol. The Balaban J connectivity index is 0. The Kier molecular flexibility index (Phi) is 11.4. The summed E-state index contributed by atoms with van der Waals surface area (Å²) in [6.45, 7) is 0. The van der Waals surface area contributed by atoms with Crippen molar-refractivity contribution in [3.05, 3.63) is 36.4 Å². The molecule has 0 aliphatic heterocycles. The molecule has 0 unspecified atom stereocenters. The Hall–Kier alpha value is -0.540. The van der Waals surface area contributed by atoms with E-state index in [1.54, 1.807) is 12.1 Å². The van der Waals surface area contributed by atoms with Gasteiger partial charge in [0.25, 0.3) is 0 Å². The van der Waals surface area contributed by atoms with Crippen LogP contribution < -0.4 is 59.1 Å². The van der Waals surface area contributed by atoms with E-state index in [2.05, 4.69) is 0 Å². The second kappa shape index (κ2) is 10.7. The summed E-state index contributed by atoms with van der Waals surface area (Å²) in [4.78, 5) is -2.50. The fourth-order valence-electron chi connectivity index (χ4n) is 1.37. The molecule has 26 heavy (non-hydrogen) atoms. The van der Waals surface area contributed by atoms with E-state index in [1.165, 1.54) is 12.1 Å². The molecule has 0 heterocycles. The molecule has 4 N–H and O–H groups in total. The number of rotatable bonds is 2. The predicted octanol–water partition coefficient (Wildman–Crippen LogP) is -5.99. The van der Waals surface area contributed by atoms with Crippen LogP contribution in [-0.4, -0.2) is 46.4 Å². The number of phenols is 4. The van der Waals surface area contributed by atoms with Gasteiger partial charge in [-0.25, -0.2) is 16.8 Å². The minimum atomic E-state index is -5.20. The Morgan fingerprint density at radius 2 is 1.12 bits per heavy atom. The van der Waals surface area contributed by atoms with Crippen molar-refractivity contribution in [3.63, 3.8) is 0 Å². The third-order valence-electron chi connectivity index (χ3n) is 2.47.